The van der Waals surface area contributed by atoms with Crippen LogP contribution in [0.1, 0.15) is 32.8 Å². The maximum atomic E-state index is 3.68. The molecule has 0 fully saturated rings. The SMILES string of the molecule is CCCNC(CN1CCc2ccccc21)C(C)C. The van der Waals surface area contributed by atoms with Crippen LogP contribution in [0.15, 0.2) is 24.3 Å². The normalized spacial score (nSPS) is 16.1. The molecule has 0 saturated heterocycles. The lowest BCUT2D eigenvalue weighted by molar-refractivity contribution is 0.399. The second-order valence-electron chi connectivity index (χ2n) is 5.63. The van der Waals surface area contributed by atoms with E-state index in [1.165, 1.54) is 30.6 Å². The third-order valence-electron chi connectivity index (χ3n) is 3.86. The van der Waals surface area contributed by atoms with Crippen molar-refractivity contribution in [1.29, 1.82) is 0 Å². The van der Waals surface area contributed by atoms with Gasteiger partial charge in [-0.3, -0.25) is 0 Å². The molecule has 0 aliphatic carbocycles. The molecule has 1 aliphatic heterocycles. The van der Waals surface area contributed by atoms with Gasteiger partial charge in [-0.05, 0) is 36.9 Å². The van der Waals surface area contributed by atoms with E-state index in [9.17, 15) is 0 Å². The summed E-state index contributed by atoms with van der Waals surface area (Å²) in [6.07, 6.45) is 2.41. The van der Waals surface area contributed by atoms with Crippen molar-refractivity contribution in [3.8, 4) is 0 Å². The smallest absolute Gasteiger partial charge is 0.0400 e. The van der Waals surface area contributed by atoms with Gasteiger partial charge in [0.1, 0.15) is 0 Å². The number of para-hydroxylation sites is 1. The Hall–Kier alpha value is -1.02. The quantitative estimate of drug-likeness (QED) is 0.830. The summed E-state index contributed by atoms with van der Waals surface area (Å²) in [5.41, 5.74) is 2.96. The number of nitrogens with one attached hydrogen (secondary N) is 1. The topological polar surface area (TPSA) is 15.3 Å². The van der Waals surface area contributed by atoms with E-state index >= 15 is 0 Å². The summed E-state index contributed by atoms with van der Waals surface area (Å²) < 4.78 is 0. The Labute approximate surface area is 111 Å². The second-order valence-corrected chi connectivity index (χ2v) is 5.63. The Bertz CT molecular complexity index is 373. The minimum Gasteiger partial charge on any atom is -0.369 e. The van der Waals surface area contributed by atoms with Crippen molar-refractivity contribution >= 4 is 5.69 Å². The molecule has 0 aromatic heterocycles. The average molecular weight is 246 g/mol. The van der Waals surface area contributed by atoms with Gasteiger partial charge < -0.3 is 10.2 Å². The van der Waals surface area contributed by atoms with Crippen molar-refractivity contribution < 1.29 is 0 Å². The van der Waals surface area contributed by atoms with E-state index in [1.54, 1.807) is 0 Å². The van der Waals surface area contributed by atoms with Gasteiger partial charge in [-0.2, -0.15) is 0 Å². The lowest BCUT2D eigenvalue weighted by Crippen LogP contribution is -2.44. The van der Waals surface area contributed by atoms with E-state index in [0.717, 1.165) is 13.1 Å². The Morgan fingerprint density at radius 1 is 1.28 bits per heavy atom. The molecule has 1 atom stereocenters. The maximum absolute atomic E-state index is 3.68. The van der Waals surface area contributed by atoms with Gasteiger partial charge >= 0.3 is 0 Å². The number of fused-ring (bicyclic) bond motifs is 1. The molecular formula is C16H26N2. The molecule has 0 radical (unpaired) electrons. The van der Waals surface area contributed by atoms with E-state index in [4.69, 9.17) is 0 Å². The fourth-order valence-corrected chi connectivity index (χ4v) is 2.67. The van der Waals surface area contributed by atoms with Crippen LogP contribution >= 0.6 is 0 Å². The number of rotatable bonds is 6. The van der Waals surface area contributed by atoms with E-state index in [-0.39, 0.29) is 0 Å². The van der Waals surface area contributed by atoms with Gasteiger partial charge in [0.05, 0.1) is 0 Å². The molecule has 1 aliphatic rings. The Morgan fingerprint density at radius 2 is 2.06 bits per heavy atom. The Morgan fingerprint density at radius 3 is 2.78 bits per heavy atom. The van der Waals surface area contributed by atoms with E-state index < -0.39 is 0 Å². The van der Waals surface area contributed by atoms with Crippen LogP contribution in [0, 0.1) is 5.92 Å². The molecule has 1 aromatic carbocycles. The molecule has 0 saturated carbocycles. The summed E-state index contributed by atoms with van der Waals surface area (Å²) in [5, 5.41) is 3.68. The first kappa shape index (κ1) is 13.4. The molecular weight excluding hydrogens is 220 g/mol. The highest BCUT2D eigenvalue weighted by molar-refractivity contribution is 5.57. The minimum atomic E-state index is 0.594. The number of hydrogen-bond acceptors (Lipinski definition) is 2. The molecule has 100 valence electrons. The van der Waals surface area contributed by atoms with Gasteiger partial charge in [-0.15, -0.1) is 0 Å². The van der Waals surface area contributed by atoms with Gasteiger partial charge in [0.2, 0.25) is 0 Å². The monoisotopic (exact) mass is 246 g/mol. The second kappa shape index (κ2) is 6.24. The van der Waals surface area contributed by atoms with E-state index in [2.05, 4.69) is 55.3 Å². The highest BCUT2D eigenvalue weighted by atomic mass is 15.2. The van der Waals surface area contributed by atoms with Crippen LogP contribution in [0.5, 0.6) is 0 Å². The van der Waals surface area contributed by atoms with Crippen LogP contribution < -0.4 is 10.2 Å². The first-order valence-corrected chi connectivity index (χ1v) is 7.28. The number of hydrogen-bond donors (Lipinski definition) is 1. The summed E-state index contributed by atoms with van der Waals surface area (Å²) in [4.78, 5) is 2.54. The highest BCUT2D eigenvalue weighted by Crippen LogP contribution is 2.27. The zero-order valence-electron chi connectivity index (χ0n) is 11.9. The molecule has 1 unspecified atom stereocenters. The van der Waals surface area contributed by atoms with Gasteiger partial charge in [-0.1, -0.05) is 39.0 Å². The lowest BCUT2D eigenvalue weighted by atomic mass is 10.0. The minimum absolute atomic E-state index is 0.594. The van der Waals surface area contributed by atoms with Crippen LogP contribution in [0.2, 0.25) is 0 Å². The van der Waals surface area contributed by atoms with Crippen molar-refractivity contribution in [2.75, 3.05) is 24.5 Å². The van der Waals surface area contributed by atoms with Crippen molar-refractivity contribution in [3.05, 3.63) is 29.8 Å². The predicted molar refractivity (Wildman–Crippen MR) is 79.3 cm³/mol. The van der Waals surface area contributed by atoms with Crippen molar-refractivity contribution in [2.45, 2.75) is 39.7 Å². The summed E-state index contributed by atoms with van der Waals surface area (Å²) in [7, 11) is 0. The molecule has 18 heavy (non-hydrogen) atoms. The third kappa shape index (κ3) is 3.05. The standard InChI is InChI=1S/C16H26N2/c1-4-10-17-15(13(2)3)12-18-11-9-14-7-5-6-8-16(14)18/h5-8,13,15,17H,4,9-12H2,1-3H3. The van der Waals surface area contributed by atoms with Crippen molar-refractivity contribution in [1.82, 2.24) is 5.32 Å². The Kier molecular flexibility index (Phi) is 4.65. The number of benzene rings is 1. The largest absolute Gasteiger partial charge is 0.369 e. The maximum Gasteiger partial charge on any atom is 0.0400 e. The average Bonchev–Trinajstić information content (AvgIpc) is 2.77. The molecule has 1 heterocycles. The van der Waals surface area contributed by atoms with Crippen LogP contribution in [-0.2, 0) is 6.42 Å². The number of anilines is 1. The van der Waals surface area contributed by atoms with Gasteiger partial charge in [0, 0.05) is 24.8 Å². The van der Waals surface area contributed by atoms with Gasteiger partial charge in [0.25, 0.3) is 0 Å². The molecule has 0 bridgehead atoms. The van der Waals surface area contributed by atoms with Crippen LogP contribution in [-0.4, -0.2) is 25.7 Å². The van der Waals surface area contributed by atoms with Gasteiger partial charge in [-0.25, -0.2) is 0 Å². The van der Waals surface area contributed by atoms with Crippen LogP contribution in [0.3, 0.4) is 0 Å². The molecule has 2 rings (SSSR count). The first-order valence-electron chi connectivity index (χ1n) is 7.28. The third-order valence-corrected chi connectivity index (χ3v) is 3.86. The lowest BCUT2D eigenvalue weighted by Gasteiger charge is -2.29. The summed E-state index contributed by atoms with van der Waals surface area (Å²) >= 11 is 0. The zero-order chi connectivity index (χ0) is 13.0. The van der Waals surface area contributed by atoms with Crippen LogP contribution in [0.4, 0.5) is 5.69 Å². The fourth-order valence-electron chi connectivity index (χ4n) is 2.67. The van der Waals surface area contributed by atoms with E-state index in [1.807, 2.05) is 0 Å². The molecule has 2 heteroatoms. The van der Waals surface area contributed by atoms with E-state index in [0.29, 0.717) is 12.0 Å². The van der Waals surface area contributed by atoms with Crippen LogP contribution in [0.25, 0.3) is 0 Å². The number of nitrogens with zero attached hydrogens (tertiary/aromatic N) is 1. The highest BCUT2D eigenvalue weighted by Gasteiger charge is 2.22. The first-order chi connectivity index (χ1) is 8.72. The zero-order valence-corrected chi connectivity index (χ0v) is 11.9. The molecule has 1 aromatic rings. The summed E-state index contributed by atoms with van der Waals surface area (Å²) in [6, 6.07) is 9.42. The van der Waals surface area contributed by atoms with Gasteiger partial charge in [0.15, 0.2) is 0 Å². The van der Waals surface area contributed by atoms with Crippen molar-refractivity contribution in [3.63, 3.8) is 0 Å². The fraction of sp³-hybridized carbons (Fsp3) is 0.625. The van der Waals surface area contributed by atoms with Crippen molar-refractivity contribution in [2.24, 2.45) is 5.92 Å². The molecule has 0 spiro atoms. The predicted octanol–water partition coefficient (Wildman–Crippen LogP) is 3.07. The molecule has 0 amide bonds. The summed E-state index contributed by atoms with van der Waals surface area (Å²) in [5.74, 6) is 0.685. The molecule has 1 N–H and O–H groups in total. The molecule has 2 nitrogen and oxygen atoms in total. The Balaban J connectivity index is 2.00. The summed E-state index contributed by atoms with van der Waals surface area (Å²) in [6.45, 7) is 10.3.